The molecule has 0 saturated heterocycles. The smallest absolute Gasteiger partial charge is 0.338 e. The normalized spacial score (nSPS) is 10.3. The zero-order valence-electron chi connectivity index (χ0n) is 9.73. The summed E-state index contributed by atoms with van der Waals surface area (Å²) in [5, 5.41) is 0.517. The highest BCUT2D eigenvalue weighted by Crippen LogP contribution is 2.22. The van der Waals surface area contributed by atoms with Crippen molar-refractivity contribution in [1.82, 2.24) is 5.43 Å². The molecule has 0 aliphatic heterocycles. The first-order valence-electron chi connectivity index (χ1n) is 5.36. The fourth-order valence-corrected chi connectivity index (χ4v) is 1.62. The van der Waals surface area contributed by atoms with E-state index in [-0.39, 0.29) is 5.56 Å². The van der Waals surface area contributed by atoms with Gasteiger partial charge in [-0.25, -0.2) is 10.6 Å². The number of hydrazine groups is 1. The summed E-state index contributed by atoms with van der Waals surface area (Å²) in [4.78, 5) is 23.1. The van der Waals surface area contributed by atoms with E-state index < -0.39 is 11.9 Å². The van der Waals surface area contributed by atoms with Gasteiger partial charge < -0.3 is 9.15 Å². The second kappa shape index (κ2) is 4.89. The number of hydrogen-bond acceptors (Lipinski definition) is 5. The minimum atomic E-state index is -0.477. The molecule has 6 heteroatoms. The molecule has 0 atom stereocenters. The molecule has 3 N–H and O–H groups in total. The monoisotopic (exact) mass is 248 g/mol. The van der Waals surface area contributed by atoms with Crippen LogP contribution in [0.4, 0.5) is 0 Å². The Hall–Kier alpha value is -2.34. The van der Waals surface area contributed by atoms with Crippen molar-refractivity contribution in [2.24, 2.45) is 5.84 Å². The molecule has 0 aliphatic rings. The number of carbonyl (C=O) groups is 2. The molecule has 0 spiro atoms. The van der Waals surface area contributed by atoms with Gasteiger partial charge >= 0.3 is 5.97 Å². The molecular weight excluding hydrogens is 236 g/mol. The fraction of sp³-hybridized carbons (Fsp3) is 0.167. The standard InChI is InChI=1S/C12H12N2O4/c1-2-17-12(16)7-3-4-10-8(5-7)9(6-18-10)11(15)14-13/h3-6H,2,13H2,1H3,(H,14,15). The fourth-order valence-electron chi connectivity index (χ4n) is 1.62. The number of fused-ring (bicyclic) bond motifs is 1. The summed E-state index contributed by atoms with van der Waals surface area (Å²) in [6, 6.07) is 4.73. The van der Waals surface area contributed by atoms with Crippen LogP contribution in [0.5, 0.6) is 0 Å². The Morgan fingerprint density at radius 3 is 2.89 bits per heavy atom. The minimum absolute atomic E-state index is 0.277. The molecule has 0 saturated carbocycles. The van der Waals surface area contributed by atoms with E-state index in [0.29, 0.717) is 23.1 Å². The summed E-state index contributed by atoms with van der Waals surface area (Å²) in [6.07, 6.45) is 1.29. The van der Waals surface area contributed by atoms with Crippen LogP contribution >= 0.6 is 0 Å². The van der Waals surface area contributed by atoms with Gasteiger partial charge in [0.05, 0.1) is 17.7 Å². The van der Waals surface area contributed by atoms with Crippen LogP contribution in [-0.4, -0.2) is 18.5 Å². The maximum absolute atomic E-state index is 11.6. The highest BCUT2D eigenvalue weighted by Gasteiger charge is 2.15. The predicted molar refractivity (Wildman–Crippen MR) is 63.8 cm³/mol. The van der Waals surface area contributed by atoms with Gasteiger partial charge in [0.25, 0.3) is 5.91 Å². The molecule has 0 fully saturated rings. The molecule has 1 heterocycles. The van der Waals surface area contributed by atoms with Crippen molar-refractivity contribution in [3.63, 3.8) is 0 Å². The first kappa shape index (κ1) is 12.1. The second-order valence-electron chi connectivity index (χ2n) is 3.55. The van der Waals surface area contributed by atoms with Crippen molar-refractivity contribution in [1.29, 1.82) is 0 Å². The van der Waals surface area contributed by atoms with Crippen LogP contribution in [0.25, 0.3) is 11.0 Å². The first-order chi connectivity index (χ1) is 8.67. The number of esters is 1. The third kappa shape index (κ3) is 2.05. The minimum Gasteiger partial charge on any atom is -0.463 e. The molecule has 6 nitrogen and oxygen atoms in total. The third-order valence-corrected chi connectivity index (χ3v) is 2.46. The summed E-state index contributed by atoms with van der Waals surface area (Å²) < 4.78 is 10.1. The number of furan rings is 1. The highest BCUT2D eigenvalue weighted by molar-refractivity contribution is 6.07. The summed E-state index contributed by atoms with van der Waals surface area (Å²) in [5.41, 5.74) is 3.15. The van der Waals surface area contributed by atoms with Crippen LogP contribution in [-0.2, 0) is 4.74 Å². The van der Waals surface area contributed by atoms with E-state index in [0.717, 1.165) is 0 Å². The van der Waals surface area contributed by atoms with Crippen molar-refractivity contribution in [3.05, 3.63) is 35.6 Å². The second-order valence-corrected chi connectivity index (χ2v) is 3.55. The largest absolute Gasteiger partial charge is 0.463 e. The lowest BCUT2D eigenvalue weighted by Gasteiger charge is -2.02. The van der Waals surface area contributed by atoms with E-state index in [4.69, 9.17) is 15.0 Å². The number of amides is 1. The van der Waals surface area contributed by atoms with E-state index >= 15 is 0 Å². The quantitative estimate of drug-likeness (QED) is 0.368. The van der Waals surface area contributed by atoms with Crippen LogP contribution in [0.3, 0.4) is 0 Å². The van der Waals surface area contributed by atoms with Gasteiger partial charge in [-0.05, 0) is 25.1 Å². The number of hydrogen-bond donors (Lipinski definition) is 2. The van der Waals surface area contributed by atoms with E-state index in [1.165, 1.54) is 6.26 Å². The lowest BCUT2D eigenvalue weighted by Crippen LogP contribution is -2.29. The predicted octanol–water partition coefficient (Wildman–Crippen LogP) is 1.21. The van der Waals surface area contributed by atoms with Crippen molar-refractivity contribution < 1.29 is 18.7 Å². The molecule has 94 valence electrons. The molecule has 2 rings (SSSR count). The van der Waals surface area contributed by atoms with Crippen LogP contribution < -0.4 is 11.3 Å². The van der Waals surface area contributed by atoms with Crippen LogP contribution in [0.2, 0.25) is 0 Å². The van der Waals surface area contributed by atoms with E-state index in [1.807, 2.05) is 5.43 Å². The molecule has 1 aromatic carbocycles. The maximum Gasteiger partial charge on any atom is 0.338 e. The van der Waals surface area contributed by atoms with Crippen molar-refractivity contribution >= 4 is 22.8 Å². The molecule has 0 radical (unpaired) electrons. The summed E-state index contributed by atoms with van der Waals surface area (Å²) in [7, 11) is 0. The molecule has 1 amide bonds. The van der Waals surface area contributed by atoms with Crippen LogP contribution in [0, 0.1) is 0 Å². The number of nitrogen functional groups attached to an aromatic ring is 1. The van der Waals surface area contributed by atoms with Gasteiger partial charge in [0.15, 0.2) is 0 Å². The SMILES string of the molecule is CCOC(=O)c1ccc2occ(C(=O)NN)c2c1. The first-order valence-corrected chi connectivity index (χ1v) is 5.36. The van der Waals surface area contributed by atoms with E-state index in [2.05, 4.69) is 0 Å². The molecule has 1 aromatic heterocycles. The number of ether oxygens (including phenoxy) is 1. The van der Waals surface area contributed by atoms with Crippen molar-refractivity contribution in [2.75, 3.05) is 6.61 Å². The lowest BCUT2D eigenvalue weighted by molar-refractivity contribution is 0.0526. The van der Waals surface area contributed by atoms with Gasteiger partial charge in [-0.1, -0.05) is 0 Å². The Bertz CT molecular complexity index is 603. The maximum atomic E-state index is 11.6. The average Bonchev–Trinajstić information content (AvgIpc) is 2.81. The molecule has 0 aliphatic carbocycles. The zero-order valence-corrected chi connectivity index (χ0v) is 9.73. The Kier molecular flexibility index (Phi) is 3.29. The molecule has 0 bridgehead atoms. The number of rotatable bonds is 3. The summed E-state index contributed by atoms with van der Waals surface area (Å²) in [6.45, 7) is 2.01. The molecule has 0 unspecified atom stereocenters. The van der Waals surface area contributed by atoms with E-state index in [1.54, 1.807) is 25.1 Å². The molecule has 2 aromatic rings. The van der Waals surface area contributed by atoms with Crippen molar-refractivity contribution in [3.8, 4) is 0 Å². The van der Waals surface area contributed by atoms with Gasteiger partial charge in [-0.15, -0.1) is 0 Å². The molecule has 18 heavy (non-hydrogen) atoms. The summed E-state index contributed by atoms with van der Waals surface area (Å²) >= 11 is 0. The van der Waals surface area contributed by atoms with Crippen LogP contribution in [0.1, 0.15) is 27.6 Å². The number of benzene rings is 1. The van der Waals surface area contributed by atoms with Gasteiger partial charge in [-0.3, -0.25) is 10.2 Å². The van der Waals surface area contributed by atoms with Gasteiger partial charge in [-0.2, -0.15) is 0 Å². The van der Waals surface area contributed by atoms with Gasteiger partial charge in [0, 0.05) is 5.39 Å². The van der Waals surface area contributed by atoms with Gasteiger partial charge in [0.1, 0.15) is 11.8 Å². The Morgan fingerprint density at radius 2 is 2.22 bits per heavy atom. The number of carbonyl (C=O) groups excluding carboxylic acids is 2. The van der Waals surface area contributed by atoms with E-state index in [9.17, 15) is 9.59 Å². The Balaban J connectivity index is 2.48. The highest BCUT2D eigenvalue weighted by atomic mass is 16.5. The number of nitrogens with one attached hydrogen (secondary N) is 1. The Morgan fingerprint density at radius 1 is 1.44 bits per heavy atom. The topological polar surface area (TPSA) is 94.6 Å². The van der Waals surface area contributed by atoms with Crippen molar-refractivity contribution in [2.45, 2.75) is 6.92 Å². The molecular formula is C12H12N2O4. The third-order valence-electron chi connectivity index (χ3n) is 2.46. The average molecular weight is 248 g/mol. The van der Waals surface area contributed by atoms with Crippen LogP contribution in [0.15, 0.2) is 28.9 Å². The lowest BCUT2D eigenvalue weighted by atomic mass is 10.1. The van der Waals surface area contributed by atoms with Gasteiger partial charge in [0.2, 0.25) is 0 Å². The zero-order chi connectivity index (χ0) is 13.1. The summed E-state index contributed by atoms with van der Waals surface area (Å²) in [5.74, 6) is 4.15. The number of nitrogens with two attached hydrogens (primary N) is 1. The Labute approximate surface area is 103 Å².